The first kappa shape index (κ1) is 21.7. The van der Waals surface area contributed by atoms with Crippen LogP contribution in [-0.4, -0.2) is 22.8 Å². The molecular formula is C13H17F6NO2S. The molecule has 0 aliphatic heterocycles. The summed E-state index contributed by atoms with van der Waals surface area (Å²) < 4.78 is 90.6. The molecule has 0 radical (unpaired) electrons. The molecule has 0 spiro atoms. The van der Waals surface area contributed by atoms with Gasteiger partial charge in [0, 0.05) is 0 Å². The van der Waals surface area contributed by atoms with Gasteiger partial charge in [0.25, 0.3) is 0 Å². The van der Waals surface area contributed by atoms with Crippen molar-refractivity contribution in [3.05, 3.63) is 23.8 Å². The molecule has 0 amide bonds. The Hall–Kier alpha value is -1.29. The van der Waals surface area contributed by atoms with Crippen LogP contribution in [0.3, 0.4) is 0 Å². The molecule has 1 rings (SSSR count). The number of halogens is 6. The van der Waals surface area contributed by atoms with Crippen molar-refractivity contribution >= 4 is 11.0 Å². The Bertz CT molecular complexity index is 530. The topological polar surface area (TPSA) is 38.3 Å². The van der Waals surface area contributed by atoms with Gasteiger partial charge in [-0.25, -0.2) is 8.93 Å². The summed E-state index contributed by atoms with van der Waals surface area (Å²) in [4.78, 5) is -0.254. The molecule has 0 bridgehead atoms. The van der Waals surface area contributed by atoms with Crippen molar-refractivity contribution in [3.8, 4) is 5.75 Å². The molecule has 3 nitrogen and oxygen atoms in total. The molecule has 1 unspecified atom stereocenters. The second-order valence-corrected chi connectivity index (χ2v) is 5.37. The molecular weight excluding hydrogens is 348 g/mol. The normalized spacial score (nSPS) is 14.5. The summed E-state index contributed by atoms with van der Waals surface area (Å²) in [6, 6.07) is 1.04. The fourth-order valence-corrected chi connectivity index (χ4v) is 2.22. The van der Waals surface area contributed by atoms with Crippen LogP contribution >= 0.6 is 0 Å². The SMILES string of the molecule is CC.Cc1ccc(S(=O)N[C@@H](C)C(F)(F)F)cc1OC(F)(F)F. The minimum Gasteiger partial charge on any atom is -0.405 e. The highest BCUT2D eigenvalue weighted by Gasteiger charge is 2.37. The maximum Gasteiger partial charge on any atom is 0.573 e. The van der Waals surface area contributed by atoms with E-state index in [1.54, 1.807) is 4.72 Å². The van der Waals surface area contributed by atoms with Crippen LogP contribution in [0.15, 0.2) is 23.1 Å². The molecule has 0 saturated carbocycles. The van der Waals surface area contributed by atoms with Gasteiger partial charge < -0.3 is 4.74 Å². The summed E-state index contributed by atoms with van der Waals surface area (Å²) in [5.41, 5.74) is 0.108. The molecule has 10 heteroatoms. The molecule has 0 fully saturated rings. The molecule has 0 aliphatic carbocycles. The van der Waals surface area contributed by atoms with Gasteiger partial charge >= 0.3 is 12.5 Å². The van der Waals surface area contributed by atoms with Gasteiger partial charge in [-0.3, -0.25) is 0 Å². The summed E-state index contributed by atoms with van der Waals surface area (Å²) in [5, 5.41) is 0. The molecule has 0 aromatic heterocycles. The van der Waals surface area contributed by atoms with Crippen LogP contribution in [0.5, 0.6) is 5.75 Å². The predicted octanol–water partition coefficient (Wildman–Crippen LogP) is 4.48. The highest BCUT2D eigenvalue weighted by Crippen LogP contribution is 2.28. The maximum absolute atomic E-state index is 12.3. The lowest BCUT2D eigenvalue weighted by atomic mass is 10.2. The van der Waals surface area contributed by atoms with E-state index in [2.05, 4.69) is 4.74 Å². The lowest BCUT2D eigenvalue weighted by Gasteiger charge is -2.17. The third kappa shape index (κ3) is 7.69. The molecule has 134 valence electrons. The Morgan fingerprint density at radius 2 is 1.65 bits per heavy atom. The van der Waals surface area contributed by atoms with Crippen LogP contribution in [0.25, 0.3) is 0 Å². The van der Waals surface area contributed by atoms with E-state index in [0.717, 1.165) is 19.1 Å². The van der Waals surface area contributed by atoms with Gasteiger partial charge in [-0.1, -0.05) is 19.9 Å². The third-order valence-electron chi connectivity index (χ3n) is 2.37. The Kier molecular flexibility index (Phi) is 8.05. The minimum absolute atomic E-state index is 0.108. The molecule has 1 aromatic rings. The van der Waals surface area contributed by atoms with Crippen LogP contribution in [-0.2, 0) is 11.0 Å². The van der Waals surface area contributed by atoms with Crippen LogP contribution < -0.4 is 9.46 Å². The Morgan fingerprint density at radius 3 is 2.09 bits per heavy atom. The number of hydrogen-bond acceptors (Lipinski definition) is 2. The first-order chi connectivity index (χ1) is 10.4. The molecule has 1 N–H and O–H groups in total. The smallest absolute Gasteiger partial charge is 0.405 e. The van der Waals surface area contributed by atoms with Crippen molar-refractivity contribution in [1.82, 2.24) is 4.72 Å². The van der Waals surface area contributed by atoms with Crippen molar-refractivity contribution in [2.75, 3.05) is 0 Å². The second-order valence-electron chi connectivity index (χ2n) is 4.12. The van der Waals surface area contributed by atoms with E-state index in [4.69, 9.17) is 0 Å². The van der Waals surface area contributed by atoms with Crippen LogP contribution in [0, 0.1) is 6.92 Å². The van der Waals surface area contributed by atoms with E-state index in [1.165, 1.54) is 13.0 Å². The summed E-state index contributed by atoms with van der Waals surface area (Å²) in [5.74, 6) is -0.616. The van der Waals surface area contributed by atoms with E-state index in [0.29, 0.717) is 0 Å². The van der Waals surface area contributed by atoms with Gasteiger partial charge in [-0.15, -0.1) is 13.2 Å². The Balaban J connectivity index is 0.00000232. The summed E-state index contributed by atoms with van der Waals surface area (Å²) in [7, 11) is -2.32. The zero-order valence-corrected chi connectivity index (χ0v) is 13.6. The fourth-order valence-electron chi connectivity index (χ4n) is 1.23. The first-order valence-electron chi connectivity index (χ1n) is 6.51. The van der Waals surface area contributed by atoms with Crippen LogP contribution in [0.1, 0.15) is 26.3 Å². The highest BCUT2D eigenvalue weighted by atomic mass is 32.2. The molecule has 0 heterocycles. The first-order valence-corrected chi connectivity index (χ1v) is 7.66. The van der Waals surface area contributed by atoms with E-state index < -0.39 is 35.3 Å². The van der Waals surface area contributed by atoms with Gasteiger partial charge in [0.05, 0.1) is 4.90 Å². The number of alkyl halides is 6. The maximum atomic E-state index is 12.3. The van der Waals surface area contributed by atoms with Crippen molar-refractivity contribution in [2.24, 2.45) is 0 Å². The van der Waals surface area contributed by atoms with Crippen molar-refractivity contribution in [1.29, 1.82) is 0 Å². The second kappa shape index (κ2) is 8.53. The molecule has 1 aromatic carbocycles. The molecule has 23 heavy (non-hydrogen) atoms. The van der Waals surface area contributed by atoms with Crippen LogP contribution in [0.2, 0.25) is 0 Å². The molecule has 0 aliphatic rings. The lowest BCUT2D eigenvalue weighted by molar-refractivity contribution is -0.274. The summed E-state index contributed by atoms with van der Waals surface area (Å²) in [6.45, 7) is 6.07. The van der Waals surface area contributed by atoms with E-state index in [1.807, 2.05) is 13.8 Å². The lowest BCUT2D eigenvalue weighted by Crippen LogP contribution is -2.40. The fraction of sp³-hybridized carbons (Fsp3) is 0.538. The predicted molar refractivity (Wildman–Crippen MR) is 74.3 cm³/mol. The zero-order chi connectivity index (χ0) is 18.4. The largest absolute Gasteiger partial charge is 0.573 e. The Morgan fingerprint density at radius 1 is 1.13 bits per heavy atom. The number of benzene rings is 1. The van der Waals surface area contributed by atoms with Crippen molar-refractivity contribution < 1.29 is 35.3 Å². The van der Waals surface area contributed by atoms with Gasteiger partial charge in [0.1, 0.15) is 22.8 Å². The number of ether oxygens (including phenoxy) is 1. The number of nitrogens with one attached hydrogen (secondary N) is 1. The highest BCUT2D eigenvalue weighted by molar-refractivity contribution is 7.83. The van der Waals surface area contributed by atoms with Gasteiger partial charge in [-0.05, 0) is 31.5 Å². The Labute approximate surface area is 132 Å². The molecule has 0 saturated heterocycles. The average molecular weight is 365 g/mol. The third-order valence-corrected chi connectivity index (χ3v) is 3.62. The van der Waals surface area contributed by atoms with E-state index >= 15 is 0 Å². The average Bonchev–Trinajstić information content (AvgIpc) is 2.40. The van der Waals surface area contributed by atoms with Crippen LogP contribution in [0.4, 0.5) is 26.3 Å². The van der Waals surface area contributed by atoms with Gasteiger partial charge in [0.2, 0.25) is 0 Å². The monoisotopic (exact) mass is 365 g/mol. The van der Waals surface area contributed by atoms with E-state index in [-0.39, 0.29) is 10.5 Å². The number of aryl methyl sites for hydroxylation is 1. The summed E-state index contributed by atoms with van der Waals surface area (Å²) in [6.07, 6.45) is -9.57. The number of rotatable bonds is 4. The van der Waals surface area contributed by atoms with Crippen molar-refractivity contribution in [2.45, 2.75) is 51.2 Å². The number of hydrogen-bond donors (Lipinski definition) is 1. The molecule has 2 atom stereocenters. The standard InChI is InChI=1S/C11H11F6NO2S.C2H6/c1-6-3-4-8(5-9(6)20-11(15,16)17)21(19)18-7(2)10(12,13)14;1-2/h3-5,7,18H,1-2H3;1-2H3/t7-,21?;/m0./s1. The van der Waals surface area contributed by atoms with Gasteiger partial charge in [0.15, 0.2) is 0 Å². The van der Waals surface area contributed by atoms with E-state index in [9.17, 15) is 30.6 Å². The quantitative estimate of drug-likeness (QED) is 0.799. The minimum atomic E-state index is -4.95. The van der Waals surface area contributed by atoms with Gasteiger partial charge in [-0.2, -0.15) is 13.2 Å². The van der Waals surface area contributed by atoms with Crippen molar-refractivity contribution in [3.63, 3.8) is 0 Å². The zero-order valence-electron chi connectivity index (χ0n) is 12.8. The summed E-state index contributed by atoms with van der Waals surface area (Å²) >= 11 is 0.